The number of aryl methyl sites for hydroxylation is 2. The van der Waals surface area contributed by atoms with Gasteiger partial charge in [0.2, 0.25) is 0 Å². The summed E-state index contributed by atoms with van der Waals surface area (Å²) < 4.78 is 0. The Hall–Kier alpha value is -3.17. The Labute approximate surface area is 250 Å². The number of carbonyl (C=O) groups is 1. The number of halogens is 2. The van der Waals surface area contributed by atoms with E-state index < -0.39 is 5.92 Å². The molecule has 2 N–H and O–H groups in total. The van der Waals surface area contributed by atoms with Crippen LogP contribution in [0, 0.1) is 25.2 Å². The van der Waals surface area contributed by atoms with Crippen LogP contribution in [0.3, 0.4) is 0 Å². The third kappa shape index (κ3) is 5.17. The highest BCUT2D eigenvalue weighted by Crippen LogP contribution is 2.48. The zero-order chi connectivity index (χ0) is 28.6. The molecular weight excluding hydrogens is 557 g/mol. The number of rotatable bonds is 6. The van der Waals surface area contributed by atoms with Gasteiger partial charge < -0.3 is 5.73 Å². The summed E-state index contributed by atoms with van der Waals surface area (Å²) in [6.45, 7) is 6.22. The Balaban J connectivity index is 1.65. The van der Waals surface area contributed by atoms with Crippen LogP contribution in [0.2, 0.25) is 10.0 Å². The summed E-state index contributed by atoms with van der Waals surface area (Å²) >= 11 is 14.3. The number of allylic oxidation sites excluding steroid dienone is 3. The van der Waals surface area contributed by atoms with Crippen LogP contribution < -0.4 is 10.6 Å². The van der Waals surface area contributed by atoms with Crippen molar-refractivity contribution in [2.24, 2.45) is 5.73 Å². The van der Waals surface area contributed by atoms with E-state index >= 15 is 0 Å². The minimum absolute atomic E-state index is 0.0908. The van der Waals surface area contributed by atoms with E-state index in [0.717, 1.165) is 63.4 Å². The van der Waals surface area contributed by atoms with Crippen LogP contribution in [0.5, 0.6) is 0 Å². The van der Waals surface area contributed by atoms with Crippen molar-refractivity contribution in [3.8, 4) is 6.07 Å². The van der Waals surface area contributed by atoms with Crippen molar-refractivity contribution in [2.45, 2.75) is 63.0 Å². The molecule has 1 atom stereocenters. The molecule has 3 aromatic rings. The fourth-order valence-electron chi connectivity index (χ4n) is 5.86. The molecule has 0 aromatic heterocycles. The number of nitrogens with zero attached hydrogens (tertiary/aromatic N) is 2. The van der Waals surface area contributed by atoms with Gasteiger partial charge in [-0.25, -0.2) is 0 Å². The number of nitrogens with two attached hydrogens (primary N) is 1. The van der Waals surface area contributed by atoms with E-state index in [9.17, 15) is 10.1 Å². The van der Waals surface area contributed by atoms with E-state index in [2.05, 4.69) is 38.1 Å². The van der Waals surface area contributed by atoms with Gasteiger partial charge in [-0.3, -0.25) is 9.69 Å². The number of para-hydroxylation sites is 1. The minimum atomic E-state index is -0.503. The number of ketones is 1. The summed E-state index contributed by atoms with van der Waals surface area (Å²) in [6, 6.07) is 20.2. The molecule has 40 heavy (non-hydrogen) atoms. The van der Waals surface area contributed by atoms with Gasteiger partial charge in [-0.05, 0) is 79.6 Å². The van der Waals surface area contributed by atoms with E-state index in [1.54, 1.807) is 23.9 Å². The lowest BCUT2D eigenvalue weighted by atomic mass is 9.73. The van der Waals surface area contributed by atoms with Crippen LogP contribution in [-0.2, 0) is 17.0 Å². The molecule has 5 rings (SSSR count). The van der Waals surface area contributed by atoms with Gasteiger partial charge in [-0.1, -0.05) is 66.0 Å². The first kappa shape index (κ1) is 28.4. The summed E-state index contributed by atoms with van der Waals surface area (Å²) in [6.07, 6.45) is 2.78. The SMILES string of the molecule is CCc1ccccc1N1C(N)=C(C#N)C(c2cc(C)cc(CSc3cc(Cl)ccc3Cl)c2C)C2=C1CCCC2=O. The van der Waals surface area contributed by atoms with Crippen LogP contribution >= 0.6 is 35.0 Å². The standard InChI is InChI=1S/C33H31Cl2N3OS/c1-4-21-8-5-6-9-27(21)38-28-10-7-11-29(39)32(28)31(25(17-36)33(38)37)24-15-19(2)14-22(20(24)3)18-40-30-16-23(34)12-13-26(30)35/h5-6,8-9,12-16,31H,4,7,10-11,18,37H2,1-3H3. The maximum Gasteiger partial charge on any atom is 0.161 e. The summed E-state index contributed by atoms with van der Waals surface area (Å²) in [5.74, 6) is 0.665. The number of hydrogen-bond acceptors (Lipinski definition) is 5. The molecule has 0 saturated carbocycles. The Bertz CT molecular complexity index is 1620. The lowest BCUT2D eigenvalue weighted by Gasteiger charge is -2.40. The number of hydrogen-bond donors (Lipinski definition) is 1. The highest BCUT2D eigenvalue weighted by atomic mass is 35.5. The van der Waals surface area contributed by atoms with Crippen molar-refractivity contribution < 1.29 is 4.79 Å². The average molecular weight is 589 g/mol. The van der Waals surface area contributed by atoms with Crippen LogP contribution in [0.15, 0.2) is 82.2 Å². The van der Waals surface area contributed by atoms with Crippen molar-refractivity contribution in [2.75, 3.05) is 4.90 Å². The molecule has 0 saturated heterocycles. The molecule has 0 bridgehead atoms. The molecule has 0 fully saturated rings. The smallest absolute Gasteiger partial charge is 0.161 e. The Morgan fingerprint density at radius 1 is 1.07 bits per heavy atom. The molecule has 0 amide bonds. The van der Waals surface area contributed by atoms with Crippen molar-refractivity contribution in [1.29, 1.82) is 5.26 Å². The molecule has 0 radical (unpaired) electrons. The number of anilines is 1. The second-order valence-corrected chi connectivity index (χ2v) is 12.2. The van der Waals surface area contributed by atoms with Crippen molar-refractivity contribution in [3.05, 3.63) is 115 Å². The summed E-state index contributed by atoms with van der Waals surface area (Å²) in [5, 5.41) is 11.8. The van der Waals surface area contributed by atoms with E-state index in [-0.39, 0.29) is 5.78 Å². The van der Waals surface area contributed by atoms with Gasteiger partial charge in [0.25, 0.3) is 0 Å². The van der Waals surface area contributed by atoms with Gasteiger partial charge in [0.15, 0.2) is 5.78 Å². The first-order valence-electron chi connectivity index (χ1n) is 13.5. The fourth-order valence-corrected chi connectivity index (χ4v) is 7.40. The number of nitriles is 1. The van der Waals surface area contributed by atoms with E-state index in [1.165, 1.54) is 0 Å². The van der Waals surface area contributed by atoms with Gasteiger partial charge in [0, 0.05) is 33.4 Å². The number of benzene rings is 3. The number of Topliss-reactive ketones (excluding diaryl/α,β-unsaturated/α-hetero) is 1. The van der Waals surface area contributed by atoms with E-state index in [4.69, 9.17) is 28.9 Å². The quantitative estimate of drug-likeness (QED) is 0.292. The lowest BCUT2D eigenvalue weighted by molar-refractivity contribution is -0.116. The average Bonchev–Trinajstić information content (AvgIpc) is 2.94. The molecule has 1 aliphatic heterocycles. The van der Waals surface area contributed by atoms with Gasteiger partial charge in [0.05, 0.1) is 28.3 Å². The van der Waals surface area contributed by atoms with Crippen molar-refractivity contribution in [3.63, 3.8) is 0 Å². The minimum Gasteiger partial charge on any atom is -0.384 e. The van der Waals surface area contributed by atoms with Gasteiger partial charge in [-0.15, -0.1) is 11.8 Å². The highest BCUT2D eigenvalue weighted by molar-refractivity contribution is 7.98. The molecule has 3 aromatic carbocycles. The maximum atomic E-state index is 13.7. The summed E-state index contributed by atoms with van der Waals surface area (Å²) in [4.78, 5) is 16.6. The van der Waals surface area contributed by atoms with Crippen molar-refractivity contribution in [1.82, 2.24) is 0 Å². The van der Waals surface area contributed by atoms with E-state index in [1.807, 2.05) is 36.1 Å². The summed E-state index contributed by atoms with van der Waals surface area (Å²) in [5.41, 5.74) is 15.2. The lowest BCUT2D eigenvalue weighted by Crippen LogP contribution is -2.39. The third-order valence-corrected chi connectivity index (χ3v) is 9.59. The predicted molar refractivity (Wildman–Crippen MR) is 166 cm³/mol. The molecular formula is C33H31Cl2N3OS. The zero-order valence-electron chi connectivity index (χ0n) is 22.9. The first-order chi connectivity index (χ1) is 19.2. The molecule has 2 aliphatic rings. The van der Waals surface area contributed by atoms with Crippen LogP contribution in [0.1, 0.15) is 59.9 Å². The molecule has 1 unspecified atom stereocenters. The van der Waals surface area contributed by atoms with E-state index in [0.29, 0.717) is 39.2 Å². The number of thioether (sulfide) groups is 1. The van der Waals surface area contributed by atoms with Crippen molar-refractivity contribution >= 4 is 46.4 Å². The molecule has 4 nitrogen and oxygen atoms in total. The topological polar surface area (TPSA) is 70.1 Å². The monoisotopic (exact) mass is 587 g/mol. The molecule has 1 heterocycles. The first-order valence-corrected chi connectivity index (χ1v) is 15.2. The second-order valence-electron chi connectivity index (χ2n) is 10.3. The molecule has 0 spiro atoms. The zero-order valence-corrected chi connectivity index (χ0v) is 25.2. The predicted octanol–water partition coefficient (Wildman–Crippen LogP) is 8.77. The maximum absolute atomic E-state index is 13.7. The Morgan fingerprint density at radius 3 is 2.60 bits per heavy atom. The van der Waals surface area contributed by atoms with Crippen LogP contribution in [-0.4, -0.2) is 5.78 Å². The van der Waals surface area contributed by atoms with Gasteiger partial charge in [-0.2, -0.15) is 5.26 Å². The highest BCUT2D eigenvalue weighted by Gasteiger charge is 2.41. The Morgan fingerprint density at radius 2 is 1.85 bits per heavy atom. The second kappa shape index (κ2) is 11.7. The summed E-state index contributed by atoms with van der Waals surface area (Å²) in [7, 11) is 0. The van der Waals surface area contributed by atoms with Gasteiger partial charge >= 0.3 is 0 Å². The van der Waals surface area contributed by atoms with Crippen LogP contribution in [0.4, 0.5) is 5.69 Å². The van der Waals surface area contributed by atoms with Crippen LogP contribution in [0.25, 0.3) is 0 Å². The molecule has 7 heteroatoms. The Kier molecular flexibility index (Phi) is 8.33. The van der Waals surface area contributed by atoms with Gasteiger partial charge in [0.1, 0.15) is 5.82 Å². The largest absolute Gasteiger partial charge is 0.384 e. The fraction of sp³-hybridized carbons (Fsp3) is 0.273. The third-order valence-electron chi connectivity index (χ3n) is 7.81. The molecule has 1 aliphatic carbocycles. The normalized spacial score (nSPS) is 17.2. The molecule has 204 valence electrons. The number of carbonyl (C=O) groups excluding carboxylic acids is 1.